The number of rotatable bonds is 4. The zero-order chi connectivity index (χ0) is 15.3. The Labute approximate surface area is 127 Å². The van der Waals surface area contributed by atoms with Crippen LogP contribution in [0.25, 0.3) is 6.08 Å². The molecule has 0 fully saturated rings. The van der Waals surface area contributed by atoms with Gasteiger partial charge in [-0.3, -0.25) is 4.79 Å². The normalized spacial score (nSPS) is 13.2. The Hall–Kier alpha value is -1.62. The van der Waals surface area contributed by atoms with Crippen molar-refractivity contribution in [3.05, 3.63) is 40.4 Å². The fraction of sp³-hybridized carbons (Fsp3) is 0.333. The number of benzene rings is 1. The summed E-state index contributed by atoms with van der Waals surface area (Å²) in [5, 5.41) is 11.6. The van der Waals surface area contributed by atoms with Gasteiger partial charge in [0.15, 0.2) is 0 Å². The number of hydrogen-bond donors (Lipinski definition) is 2. The highest BCUT2D eigenvalue weighted by molar-refractivity contribution is 9.10. The Morgan fingerprint density at radius 1 is 1.35 bits per heavy atom. The third-order valence-corrected chi connectivity index (χ3v) is 3.17. The average Bonchev–Trinajstić information content (AvgIpc) is 2.31. The zero-order valence-electron chi connectivity index (χ0n) is 11.7. The minimum atomic E-state index is -1.04. The predicted molar refractivity (Wildman–Crippen MR) is 82.2 cm³/mol. The van der Waals surface area contributed by atoms with Gasteiger partial charge in [-0.05, 0) is 29.2 Å². The molecule has 108 valence electrons. The molecule has 1 atom stereocenters. The fourth-order valence-electron chi connectivity index (χ4n) is 1.62. The minimum absolute atomic E-state index is 0.424. The van der Waals surface area contributed by atoms with E-state index in [0.29, 0.717) is 0 Å². The van der Waals surface area contributed by atoms with E-state index in [4.69, 9.17) is 5.11 Å². The largest absolute Gasteiger partial charge is 0.480 e. The van der Waals surface area contributed by atoms with Gasteiger partial charge in [-0.15, -0.1) is 0 Å². The molecule has 0 aliphatic heterocycles. The van der Waals surface area contributed by atoms with Crippen LogP contribution >= 0.6 is 15.9 Å². The van der Waals surface area contributed by atoms with E-state index in [1.54, 1.807) is 26.8 Å². The molecule has 0 saturated heterocycles. The standard InChI is InChI=1S/C15H18BrNO3/c1-15(2,3)13(14(19)20)17-12(18)8-7-10-5-4-6-11(16)9-10/h4-9,13H,1-3H3,(H,17,18)(H,19,20)/b8-7+/t13-/m1/s1. The molecule has 1 aromatic rings. The summed E-state index contributed by atoms with van der Waals surface area (Å²) in [5.41, 5.74) is 0.308. The Kier molecular flexibility index (Phi) is 5.51. The molecule has 0 aliphatic carbocycles. The summed E-state index contributed by atoms with van der Waals surface area (Å²) in [6.45, 7) is 5.30. The highest BCUT2D eigenvalue weighted by Crippen LogP contribution is 2.19. The van der Waals surface area contributed by atoms with E-state index in [9.17, 15) is 9.59 Å². The van der Waals surface area contributed by atoms with Crippen molar-refractivity contribution in [3.63, 3.8) is 0 Å². The second-order valence-electron chi connectivity index (χ2n) is 5.53. The van der Waals surface area contributed by atoms with E-state index in [-0.39, 0.29) is 0 Å². The van der Waals surface area contributed by atoms with Crippen LogP contribution in [0.3, 0.4) is 0 Å². The van der Waals surface area contributed by atoms with Gasteiger partial charge in [-0.25, -0.2) is 4.79 Å². The van der Waals surface area contributed by atoms with E-state index in [1.807, 2.05) is 24.3 Å². The van der Waals surface area contributed by atoms with Gasteiger partial charge in [0.1, 0.15) is 6.04 Å². The van der Waals surface area contributed by atoms with Gasteiger partial charge in [0, 0.05) is 10.5 Å². The first kappa shape index (κ1) is 16.4. The van der Waals surface area contributed by atoms with E-state index in [0.717, 1.165) is 10.0 Å². The first-order valence-corrected chi connectivity index (χ1v) is 6.96. The van der Waals surface area contributed by atoms with E-state index in [1.165, 1.54) is 6.08 Å². The van der Waals surface area contributed by atoms with E-state index in [2.05, 4.69) is 21.2 Å². The molecule has 20 heavy (non-hydrogen) atoms. The van der Waals surface area contributed by atoms with Gasteiger partial charge in [0.05, 0.1) is 0 Å². The van der Waals surface area contributed by atoms with Crippen LogP contribution in [-0.2, 0) is 9.59 Å². The van der Waals surface area contributed by atoms with Crippen molar-refractivity contribution in [1.82, 2.24) is 5.32 Å². The number of hydrogen-bond acceptors (Lipinski definition) is 2. The Morgan fingerprint density at radius 3 is 2.50 bits per heavy atom. The van der Waals surface area contributed by atoms with Crippen LogP contribution in [0.4, 0.5) is 0 Å². The Bertz CT molecular complexity index is 532. The van der Waals surface area contributed by atoms with E-state index >= 15 is 0 Å². The molecule has 1 rings (SSSR count). The van der Waals surface area contributed by atoms with Crippen LogP contribution in [0, 0.1) is 5.41 Å². The number of halogens is 1. The summed E-state index contributed by atoms with van der Waals surface area (Å²) < 4.78 is 0.915. The van der Waals surface area contributed by atoms with Gasteiger partial charge >= 0.3 is 5.97 Å². The van der Waals surface area contributed by atoms with Crippen LogP contribution in [0.2, 0.25) is 0 Å². The number of carbonyl (C=O) groups is 2. The molecule has 4 nitrogen and oxygen atoms in total. The average molecular weight is 340 g/mol. The molecule has 1 aromatic carbocycles. The minimum Gasteiger partial charge on any atom is -0.480 e. The van der Waals surface area contributed by atoms with Crippen molar-refractivity contribution in [2.24, 2.45) is 5.41 Å². The van der Waals surface area contributed by atoms with Crippen LogP contribution < -0.4 is 5.32 Å². The van der Waals surface area contributed by atoms with Crippen LogP contribution in [0.15, 0.2) is 34.8 Å². The highest BCUT2D eigenvalue weighted by atomic mass is 79.9. The van der Waals surface area contributed by atoms with Crippen molar-refractivity contribution in [2.45, 2.75) is 26.8 Å². The SMILES string of the molecule is CC(C)(C)[C@H](NC(=O)/C=C/c1cccc(Br)c1)C(=O)O. The summed E-state index contributed by atoms with van der Waals surface area (Å²) in [6, 6.07) is 6.53. The second kappa shape index (κ2) is 6.70. The molecule has 5 heteroatoms. The number of nitrogens with one attached hydrogen (secondary N) is 1. The van der Waals surface area contributed by atoms with Gasteiger partial charge in [-0.2, -0.15) is 0 Å². The molecule has 0 aliphatic rings. The van der Waals surface area contributed by atoms with Gasteiger partial charge in [-0.1, -0.05) is 48.8 Å². The molecular formula is C15H18BrNO3. The second-order valence-corrected chi connectivity index (χ2v) is 6.45. The number of amides is 1. The van der Waals surface area contributed by atoms with Crippen molar-refractivity contribution < 1.29 is 14.7 Å². The maximum absolute atomic E-state index is 11.8. The summed E-state index contributed by atoms with van der Waals surface area (Å²) >= 11 is 3.34. The first-order chi connectivity index (χ1) is 9.20. The van der Waals surface area contributed by atoms with Gasteiger partial charge in [0.25, 0.3) is 0 Å². The molecule has 0 spiro atoms. The van der Waals surface area contributed by atoms with Crippen molar-refractivity contribution in [1.29, 1.82) is 0 Å². The lowest BCUT2D eigenvalue weighted by atomic mass is 9.87. The topological polar surface area (TPSA) is 66.4 Å². The fourth-order valence-corrected chi connectivity index (χ4v) is 2.04. The van der Waals surface area contributed by atoms with E-state index < -0.39 is 23.3 Å². The molecule has 0 aromatic heterocycles. The lowest BCUT2D eigenvalue weighted by Gasteiger charge is -2.27. The monoisotopic (exact) mass is 339 g/mol. The van der Waals surface area contributed by atoms with Gasteiger partial charge in [0.2, 0.25) is 5.91 Å². The number of aliphatic carboxylic acids is 1. The summed E-state index contributed by atoms with van der Waals surface area (Å²) in [7, 11) is 0. The molecule has 0 unspecified atom stereocenters. The lowest BCUT2D eigenvalue weighted by Crippen LogP contribution is -2.48. The third-order valence-electron chi connectivity index (χ3n) is 2.68. The third kappa shape index (κ3) is 5.17. The van der Waals surface area contributed by atoms with Crippen LogP contribution in [-0.4, -0.2) is 23.0 Å². The molecule has 1 amide bonds. The van der Waals surface area contributed by atoms with Crippen LogP contribution in [0.1, 0.15) is 26.3 Å². The van der Waals surface area contributed by atoms with Crippen molar-refractivity contribution >= 4 is 33.9 Å². The van der Waals surface area contributed by atoms with Crippen molar-refractivity contribution in [3.8, 4) is 0 Å². The smallest absolute Gasteiger partial charge is 0.326 e. The van der Waals surface area contributed by atoms with Crippen molar-refractivity contribution in [2.75, 3.05) is 0 Å². The first-order valence-electron chi connectivity index (χ1n) is 6.17. The molecular weight excluding hydrogens is 322 g/mol. The molecule has 2 N–H and O–H groups in total. The Morgan fingerprint density at radius 2 is 2.00 bits per heavy atom. The summed E-state index contributed by atoms with van der Waals surface area (Å²) in [4.78, 5) is 22.9. The zero-order valence-corrected chi connectivity index (χ0v) is 13.3. The maximum Gasteiger partial charge on any atom is 0.326 e. The number of carbonyl (C=O) groups excluding carboxylic acids is 1. The highest BCUT2D eigenvalue weighted by Gasteiger charge is 2.31. The summed E-state index contributed by atoms with van der Waals surface area (Å²) in [6.07, 6.45) is 2.98. The summed E-state index contributed by atoms with van der Waals surface area (Å²) in [5.74, 6) is -1.46. The lowest BCUT2D eigenvalue weighted by molar-refractivity contribution is -0.144. The van der Waals surface area contributed by atoms with Crippen LogP contribution in [0.5, 0.6) is 0 Å². The number of carboxylic acid groups (broad SMARTS) is 1. The number of carboxylic acids is 1. The molecule has 0 heterocycles. The van der Waals surface area contributed by atoms with Gasteiger partial charge < -0.3 is 10.4 Å². The molecule has 0 saturated carbocycles. The Balaban J connectivity index is 2.74. The maximum atomic E-state index is 11.8. The molecule has 0 radical (unpaired) electrons. The molecule has 0 bridgehead atoms. The predicted octanol–water partition coefficient (Wildman–Crippen LogP) is 3.08. The quantitative estimate of drug-likeness (QED) is 0.828.